The first kappa shape index (κ1) is 13.5. The van der Waals surface area contributed by atoms with Crippen LogP contribution in [0.5, 0.6) is 5.75 Å². The molecule has 0 saturated carbocycles. The van der Waals surface area contributed by atoms with Crippen molar-refractivity contribution >= 4 is 17.0 Å². The Bertz CT molecular complexity index is 606. The molecule has 2 N–H and O–H groups in total. The quantitative estimate of drug-likeness (QED) is 0.941. The standard InChI is InChI=1S/C16H20N2OS/c1-11(17)16-13(4-3-5-14(16)19-2)18-8-6-15-12(10-18)7-9-20-15/h3-5,7,9,11H,6,8,10,17H2,1-2H3/t11-/m0/s1. The SMILES string of the molecule is COc1cccc(N2CCc3sccc3C2)c1[C@H](C)N. The van der Waals surface area contributed by atoms with Crippen molar-refractivity contribution in [3.05, 3.63) is 45.6 Å². The Balaban J connectivity index is 1.99. The summed E-state index contributed by atoms with van der Waals surface area (Å²) in [5.74, 6) is 0.883. The molecule has 4 heteroatoms. The van der Waals surface area contributed by atoms with Gasteiger partial charge in [0.25, 0.3) is 0 Å². The predicted octanol–water partition coefficient (Wildman–Crippen LogP) is 3.34. The van der Waals surface area contributed by atoms with Gasteiger partial charge in [-0.25, -0.2) is 0 Å². The van der Waals surface area contributed by atoms with Crippen molar-refractivity contribution in [1.29, 1.82) is 0 Å². The molecule has 1 aliphatic heterocycles. The smallest absolute Gasteiger partial charge is 0.125 e. The van der Waals surface area contributed by atoms with Crippen molar-refractivity contribution in [1.82, 2.24) is 0 Å². The zero-order chi connectivity index (χ0) is 14.1. The van der Waals surface area contributed by atoms with Crippen molar-refractivity contribution in [3.8, 4) is 5.75 Å². The molecular weight excluding hydrogens is 268 g/mol. The van der Waals surface area contributed by atoms with Gasteiger partial charge in [0.05, 0.1) is 7.11 Å². The average Bonchev–Trinajstić information content (AvgIpc) is 2.93. The van der Waals surface area contributed by atoms with Gasteiger partial charge in [0.1, 0.15) is 5.75 Å². The van der Waals surface area contributed by atoms with Gasteiger partial charge in [-0.3, -0.25) is 0 Å². The lowest BCUT2D eigenvalue weighted by Crippen LogP contribution is -2.31. The second kappa shape index (κ2) is 5.46. The number of nitrogens with two attached hydrogens (primary N) is 1. The number of hydrogen-bond acceptors (Lipinski definition) is 4. The van der Waals surface area contributed by atoms with E-state index in [-0.39, 0.29) is 6.04 Å². The minimum absolute atomic E-state index is 0.0370. The number of hydrogen-bond donors (Lipinski definition) is 1. The Labute approximate surface area is 124 Å². The number of fused-ring (bicyclic) bond motifs is 1. The Morgan fingerprint density at radius 3 is 2.95 bits per heavy atom. The third-order valence-electron chi connectivity index (χ3n) is 3.87. The number of thiophene rings is 1. The maximum atomic E-state index is 6.17. The van der Waals surface area contributed by atoms with Crippen LogP contribution in [0.4, 0.5) is 5.69 Å². The minimum Gasteiger partial charge on any atom is -0.496 e. The topological polar surface area (TPSA) is 38.5 Å². The molecule has 0 radical (unpaired) electrons. The van der Waals surface area contributed by atoms with Gasteiger partial charge in [-0.05, 0) is 42.5 Å². The Hall–Kier alpha value is -1.52. The first-order chi connectivity index (χ1) is 9.70. The minimum atomic E-state index is -0.0370. The van der Waals surface area contributed by atoms with E-state index in [1.54, 1.807) is 7.11 Å². The Kier molecular flexibility index (Phi) is 3.68. The highest BCUT2D eigenvalue weighted by Crippen LogP contribution is 2.36. The summed E-state index contributed by atoms with van der Waals surface area (Å²) in [4.78, 5) is 3.93. The molecule has 0 bridgehead atoms. The van der Waals surface area contributed by atoms with E-state index in [0.717, 1.165) is 30.8 Å². The van der Waals surface area contributed by atoms with Crippen molar-refractivity contribution < 1.29 is 4.74 Å². The summed E-state index contributed by atoms with van der Waals surface area (Å²) in [7, 11) is 1.71. The zero-order valence-corrected chi connectivity index (χ0v) is 12.7. The summed E-state index contributed by atoms with van der Waals surface area (Å²) in [6.07, 6.45) is 1.11. The Morgan fingerprint density at radius 2 is 2.20 bits per heavy atom. The van der Waals surface area contributed by atoms with E-state index in [2.05, 4.69) is 22.4 Å². The molecule has 0 spiro atoms. The van der Waals surface area contributed by atoms with E-state index in [9.17, 15) is 0 Å². The molecule has 0 aliphatic carbocycles. The van der Waals surface area contributed by atoms with E-state index in [1.165, 1.54) is 16.1 Å². The molecular formula is C16H20N2OS. The first-order valence-corrected chi connectivity index (χ1v) is 7.81. The van der Waals surface area contributed by atoms with E-state index in [4.69, 9.17) is 10.5 Å². The fourth-order valence-corrected chi connectivity index (χ4v) is 3.79. The van der Waals surface area contributed by atoms with Crippen molar-refractivity contribution in [2.75, 3.05) is 18.6 Å². The van der Waals surface area contributed by atoms with Gasteiger partial charge in [-0.15, -0.1) is 11.3 Å². The number of nitrogens with zero attached hydrogens (tertiary/aromatic N) is 1. The van der Waals surface area contributed by atoms with Crippen LogP contribution in [0.2, 0.25) is 0 Å². The van der Waals surface area contributed by atoms with Crippen LogP contribution in [0, 0.1) is 0 Å². The highest BCUT2D eigenvalue weighted by Gasteiger charge is 2.22. The van der Waals surface area contributed by atoms with Gasteiger partial charge < -0.3 is 15.4 Å². The lowest BCUT2D eigenvalue weighted by Gasteiger charge is -2.32. The van der Waals surface area contributed by atoms with Gasteiger partial charge in [-0.1, -0.05) is 6.07 Å². The molecule has 0 fully saturated rings. The molecule has 1 aromatic heterocycles. The molecule has 20 heavy (non-hydrogen) atoms. The second-order valence-electron chi connectivity index (χ2n) is 5.22. The van der Waals surface area contributed by atoms with Crippen LogP contribution in [0.25, 0.3) is 0 Å². The first-order valence-electron chi connectivity index (χ1n) is 6.93. The average molecular weight is 288 g/mol. The summed E-state index contributed by atoms with van der Waals surface area (Å²) in [6.45, 7) is 4.02. The fraction of sp³-hybridized carbons (Fsp3) is 0.375. The van der Waals surface area contributed by atoms with Crippen molar-refractivity contribution in [3.63, 3.8) is 0 Å². The number of anilines is 1. The maximum Gasteiger partial charge on any atom is 0.125 e. The highest BCUT2D eigenvalue weighted by molar-refractivity contribution is 7.10. The Morgan fingerprint density at radius 1 is 1.35 bits per heavy atom. The number of methoxy groups -OCH3 is 1. The molecule has 0 unspecified atom stereocenters. The van der Waals surface area contributed by atoms with Crippen molar-refractivity contribution in [2.24, 2.45) is 5.73 Å². The van der Waals surface area contributed by atoms with Crippen LogP contribution < -0.4 is 15.4 Å². The van der Waals surface area contributed by atoms with Crippen LogP contribution in [0.3, 0.4) is 0 Å². The van der Waals surface area contributed by atoms with Gasteiger partial charge >= 0.3 is 0 Å². The molecule has 1 aromatic carbocycles. The van der Waals surface area contributed by atoms with Crippen LogP contribution in [-0.4, -0.2) is 13.7 Å². The molecule has 0 saturated heterocycles. The van der Waals surface area contributed by atoms with Gasteiger partial charge in [-0.2, -0.15) is 0 Å². The highest BCUT2D eigenvalue weighted by atomic mass is 32.1. The number of ether oxygens (including phenoxy) is 1. The number of benzene rings is 1. The van der Waals surface area contributed by atoms with Gasteiger partial charge in [0.2, 0.25) is 0 Å². The fourth-order valence-electron chi connectivity index (χ4n) is 2.90. The summed E-state index contributed by atoms with van der Waals surface area (Å²) < 4.78 is 5.49. The summed E-state index contributed by atoms with van der Waals surface area (Å²) in [5.41, 5.74) is 9.92. The third kappa shape index (κ3) is 2.30. The van der Waals surface area contributed by atoms with Crippen LogP contribution in [0.15, 0.2) is 29.6 Å². The van der Waals surface area contributed by atoms with Gasteiger partial charge in [0.15, 0.2) is 0 Å². The van der Waals surface area contributed by atoms with Crippen LogP contribution >= 0.6 is 11.3 Å². The largest absolute Gasteiger partial charge is 0.496 e. The molecule has 0 amide bonds. The molecule has 1 atom stereocenters. The van der Waals surface area contributed by atoms with Gasteiger partial charge in [0, 0.05) is 35.3 Å². The zero-order valence-electron chi connectivity index (χ0n) is 11.9. The third-order valence-corrected chi connectivity index (χ3v) is 4.89. The molecule has 3 nitrogen and oxygen atoms in total. The van der Waals surface area contributed by atoms with E-state index < -0.39 is 0 Å². The molecule has 3 rings (SSSR count). The predicted molar refractivity (Wildman–Crippen MR) is 84.7 cm³/mol. The van der Waals surface area contributed by atoms with Crippen LogP contribution in [0.1, 0.15) is 29.0 Å². The van der Waals surface area contributed by atoms with E-state index >= 15 is 0 Å². The lowest BCUT2D eigenvalue weighted by molar-refractivity contribution is 0.407. The normalized spacial score (nSPS) is 15.8. The molecule has 1 aliphatic rings. The van der Waals surface area contributed by atoms with Crippen molar-refractivity contribution in [2.45, 2.75) is 25.9 Å². The van der Waals surface area contributed by atoms with Crippen LogP contribution in [-0.2, 0) is 13.0 Å². The summed E-state index contributed by atoms with van der Waals surface area (Å²) >= 11 is 1.86. The molecule has 2 aromatic rings. The monoisotopic (exact) mass is 288 g/mol. The summed E-state index contributed by atoms with van der Waals surface area (Å²) in [6, 6.07) is 8.38. The van der Waals surface area contributed by atoms with E-state index in [0.29, 0.717) is 0 Å². The summed E-state index contributed by atoms with van der Waals surface area (Å²) in [5, 5.41) is 2.19. The maximum absolute atomic E-state index is 6.17. The molecule has 106 valence electrons. The number of rotatable bonds is 3. The molecule has 2 heterocycles. The second-order valence-corrected chi connectivity index (χ2v) is 6.22. The lowest BCUT2D eigenvalue weighted by atomic mass is 10.0. The van der Waals surface area contributed by atoms with E-state index in [1.807, 2.05) is 30.4 Å².